The number of rotatable bonds is 1. The summed E-state index contributed by atoms with van der Waals surface area (Å²) in [5.41, 5.74) is 8.20. The number of benzene rings is 1. The van der Waals surface area contributed by atoms with E-state index in [0.29, 0.717) is 17.3 Å². The highest BCUT2D eigenvalue weighted by Crippen LogP contribution is 2.22. The summed E-state index contributed by atoms with van der Waals surface area (Å²) < 4.78 is 0. The van der Waals surface area contributed by atoms with E-state index in [1.807, 2.05) is 30.0 Å². The fourth-order valence-corrected chi connectivity index (χ4v) is 2.27. The van der Waals surface area contributed by atoms with E-state index < -0.39 is 0 Å². The standard InChI is InChI=1S/C13H18N2O/c1-9-5-6-11(12(14)8-9)13(16)15-7-3-4-10(15)2/h5-6,8,10H,3-4,7,14H2,1-2H3. The van der Waals surface area contributed by atoms with Gasteiger partial charge in [-0.3, -0.25) is 4.79 Å². The molecule has 1 aromatic rings. The van der Waals surface area contributed by atoms with Crippen LogP contribution in [0, 0.1) is 6.92 Å². The maximum absolute atomic E-state index is 12.2. The Morgan fingerprint density at radius 1 is 1.50 bits per heavy atom. The Kier molecular flexibility index (Phi) is 2.86. The van der Waals surface area contributed by atoms with Crippen LogP contribution in [-0.2, 0) is 0 Å². The molecule has 2 N–H and O–H groups in total. The molecule has 0 saturated carbocycles. The quantitative estimate of drug-likeness (QED) is 0.734. The van der Waals surface area contributed by atoms with Crippen LogP contribution in [0.2, 0.25) is 0 Å². The Morgan fingerprint density at radius 2 is 2.25 bits per heavy atom. The molecule has 1 atom stereocenters. The summed E-state index contributed by atoms with van der Waals surface area (Å²) in [6, 6.07) is 5.96. The van der Waals surface area contributed by atoms with Gasteiger partial charge in [-0.1, -0.05) is 6.07 Å². The van der Waals surface area contributed by atoms with Crippen LogP contribution in [0.25, 0.3) is 0 Å². The van der Waals surface area contributed by atoms with E-state index in [9.17, 15) is 4.79 Å². The predicted octanol–water partition coefficient (Wildman–Crippen LogP) is 2.20. The highest BCUT2D eigenvalue weighted by molar-refractivity contribution is 5.99. The van der Waals surface area contributed by atoms with Crippen LogP contribution in [-0.4, -0.2) is 23.4 Å². The summed E-state index contributed by atoms with van der Waals surface area (Å²) in [4.78, 5) is 14.2. The summed E-state index contributed by atoms with van der Waals surface area (Å²) in [6.07, 6.45) is 2.19. The van der Waals surface area contributed by atoms with Crippen molar-refractivity contribution in [3.63, 3.8) is 0 Å². The smallest absolute Gasteiger partial charge is 0.256 e. The number of nitrogens with two attached hydrogens (primary N) is 1. The Hall–Kier alpha value is -1.51. The van der Waals surface area contributed by atoms with E-state index in [4.69, 9.17) is 5.73 Å². The molecule has 0 aromatic heterocycles. The fraction of sp³-hybridized carbons (Fsp3) is 0.462. The Labute approximate surface area is 96.2 Å². The minimum atomic E-state index is 0.0718. The molecule has 16 heavy (non-hydrogen) atoms. The summed E-state index contributed by atoms with van der Waals surface area (Å²) in [7, 11) is 0. The van der Waals surface area contributed by atoms with E-state index in [0.717, 1.165) is 24.9 Å². The molecular formula is C13H18N2O. The molecule has 3 heteroatoms. The molecule has 0 aliphatic carbocycles. The minimum absolute atomic E-state index is 0.0718. The second-order valence-electron chi connectivity index (χ2n) is 4.58. The molecule has 1 fully saturated rings. The van der Waals surface area contributed by atoms with Gasteiger partial charge in [0.1, 0.15) is 0 Å². The van der Waals surface area contributed by atoms with Gasteiger partial charge in [-0.05, 0) is 44.4 Å². The van der Waals surface area contributed by atoms with Gasteiger partial charge in [0.15, 0.2) is 0 Å². The van der Waals surface area contributed by atoms with Crippen LogP contribution in [0.5, 0.6) is 0 Å². The lowest BCUT2D eigenvalue weighted by Gasteiger charge is -2.22. The maximum atomic E-state index is 12.2. The first-order chi connectivity index (χ1) is 7.59. The lowest BCUT2D eigenvalue weighted by molar-refractivity contribution is 0.0748. The first-order valence-corrected chi connectivity index (χ1v) is 5.76. The molecule has 1 aliphatic rings. The molecule has 3 nitrogen and oxygen atoms in total. The molecule has 1 heterocycles. The Morgan fingerprint density at radius 3 is 2.81 bits per heavy atom. The van der Waals surface area contributed by atoms with Crippen LogP contribution >= 0.6 is 0 Å². The number of carbonyl (C=O) groups is 1. The molecule has 1 saturated heterocycles. The third-order valence-electron chi connectivity index (χ3n) is 3.25. The van der Waals surface area contributed by atoms with Crippen LogP contribution < -0.4 is 5.73 Å². The number of hydrogen-bond donors (Lipinski definition) is 1. The second kappa shape index (κ2) is 4.16. The first-order valence-electron chi connectivity index (χ1n) is 5.76. The predicted molar refractivity (Wildman–Crippen MR) is 65.3 cm³/mol. The highest BCUT2D eigenvalue weighted by Gasteiger charge is 2.26. The topological polar surface area (TPSA) is 46.3 Å². The van der Waals surface area contributed by atoms with Crippen LogP contribution in [0.15, 0.2) is 18.2 Å². The lowest BCUT2D eigenvalue weighted by atomic mass is 10.1. The van der Waals surface area contributed by atoms with Crippen molar-refractivity contribution in [3.8, 4) is 0 Å². The van der Waals surface area contributed by atoms with Crippen LogP contribution in [0.1, 0.15) is 35.7 Å². The van der Waals surface area contributed by atoms with Gasteiger partial charge in [-0.25, -0.2) is 0 Å². The molecular weight excluding hydrogens is 200 g/mol. The zero-order chi connectivity index (χ0) is 11.7. The molecule has 1 unspecified atom stereocenters. The molecule has 86 valence electrons. The molecule has 0 bridgehead atoms. The number of nitrogens with zero attached hydrogens (tertiary/aromatic N) is 1. The number of nitrogen functional groups attached to an aromatic ring is 1. The Balaban J connectivity index is 2.27. The van der Waals surface area contributed by atoms with Gasteiger partial charge in [0.2, 0.25) is 0 Å². The van der Waals surface area contributed by atoms with Crippen molar-refractivity contribution in [1.82, 2.24) is 4.90 Å². The van der Waals surface area contributed by atoms with Gasteiger partial charge in [0.25, 0.3) is 5.91 Å². The summed E-state index contributed by atoms with van der Waals surface area (Å²) in [6.45, 7) is 4.92. The third-order valence-corrected chi connectivity index (χ3v) is 3.25. The van der Waals surface area contributed by atoms with E-state index in [1.165, 1.54) is 0 Å². The van der Waals surface area contributed by atoms with Crippen LogP contribution in [0.4, 0.5) is 5.69 Å². The number of aryl methyl sites for hydroxylation is 1. The zero-order valence-corrected chi connectivity index (χ0v) is 9.86. The van der Waals surface area contributed by atoms with Crippen molar-refractivity contribution in [2.75, 3.05) is 12.3 Å². The first kappa shape index (κ1) is 11.0. The largest absolute Gasteiger partial charge is 0.398 e. The summed E-state index contributed by atoms with van der Waals surface area (Å²) in [5, 5.41) is 0. The number of anilines is 1. The molecule has 1 aliphatic heterocycles. The highest BCUT2D eigenvalue weighted by atomic mass is 16.2. The number of hydrogen-bond acceptors (Lipinski definition) is 2. The van der Waals surface area contributed by atoms with Crippen molar-refractivity contribution < 1.29 is 4.79 Å². The number of carbonyl (C=O) groups excluding carboxylic acids is 1. The molecule has 1 amide bonds. The lowest BCUT2D eigenvalue weighted by Crippen LogP contribution is -2.34. The normalized spacial score (nSPS) is 20.1. The average molecular weight is 218 g/mol. The van der Waals surface area contributed by atoms with E-state index in [1.54, 1.807) is 0 Å². The van der Waals surface area contributed by atoms with Crippen molar-refractivity contribution >= 4 is 11.6 Å². The number of amides is 1. The van der Waals surface area contributed by atoms with Crippen LogP contribution in [0.3, 0.4) is 0 Å². The number of likely N-dealkylation sites (tertiary alicyclic amines) is 1. The van der Waals surface area contributed by atoms with E-state index in [2.05, 4.69) is 6.92 Å². The average Bonchev–Trinajstić information content (AvgIpc) is 2.63. The van der Waals surface area contributed by atoms with Gasteiger partial charge in [0.05, 0.1) is 5.56 Å². The Bertz CT molecular complexity index is 414. The van der Waals surface area contributed by atoms with Gasteiger partial charge in [-0.2, -0.15) is 0 Å². The zero-order valence-electron chi connectivity index (χ0n) is 9.86. The second-order valence-corrected chi connectivity index (χ2v) is 4.58. The summed E-state index contributed by atoms with van der Waals surface area (Å²) in [5.74, 6) is 0.0718. The van der Waals surface area contributed by atoms with Gasteiger partial charge >= 0.3 is 0 Å². The van der Waals surface area contributed by atoms with Crippen molar-refractivity contribution in [1.29, 1.82) is 0 Å². The van der Waals surface area contributed by atoms with Gasteiger partial charge < -0.3 is 10.6 Å². The third kappa shape index (κ3) is 1.90. The summed E-state index contributed by atoms with van der Waals surface area (Å²) >= 11 is 0. The molecule has 0 spiro atoms. The van der Waals surface area contributed by atoms with Crippen molar-refractivity contribution in [2.24, 2.45) is 0 Å². The molecule has 0 radical (unpaired) electrons. The van der Waals surface area contributed by atoms with E-state index >= 15 is 0 Å². The fourth-order valence-electron chi connectivity index (χ4n) is 2.27. The van der Waals surface area contributed by atoms with Crippen molar-refractivity contribution in [2.45, 2.75) is 32.7 Å². The molecule has 2 rings (SSSR count). The maximum Gasteiger partial charge on any atom is 0.256 e. The van der Waals surface area contributed by atoms with Gasteiger partial charge in [-0.15, -0.1) is 0 Å². The molecule has 1 aromatic carbocycles. The van der Waals surface area contributed by atoms with Gasteiger partial charge in [0, 0.05) is 18.3 Å². The SMILES string of the molecule is Cc1ccc(C(=O)N2CCCC2C)c(N)c1. The van der Waals surface area contributed by atoms with Crippen molar-refractivity contribution in [3.05, 3.63) is 29.3 Å². The van der Waals surface area contributed by atoms with E-state index in [-0.39, 0.29) is 5.91 Å². The minimum Gasteiger partial charge on any atom is -0.398 e. The monoisotopic (exact) mass is 218 g/mol.